The van der Waals surface area contributed by atoms with Crippen molar-refractivity contribution in [1.82, 2.24) is 14.9 Å². The second kappa shape index (κ2) is 6.31. The van der Waals surface area contributed by atoms with Gasteiger partial charge in [0.05, 0.1) is 0 Å². The van der Waals surface area contributed by atoms with Crippen molar-refractivity contribution in [3.63, 3.8) is 0 Å². The zero-order chi connectivity index (χ0) is 13.9. The summed E-state index contributed by atoms with van der Waals surface area (Å²) in [7, 11) is 0. The van der Waals surface area contributed by atoms with Gasteiger partial charge in [-0.05, 0) is 32.8 Å². The number of anilines is 1. The first-order valence-electron chi connectivity index (χ1n) is 7.61. The Morgan fingerprint density at radius 2 is 1.60 bits per heavy atom. The third-order valence-corrected chi connectivity index (χ3v) is 5.22. The molecule has 0 unspecified atom stereocenters. The van der Waals surface area contributed by atoms with Crippen LogP contribution >= 0.6 is 11.8 Å². The summed E-state index contributed by atoms with van der Waals surface area (Å²) in [5, 5.41) is 0. The normalized spacial score (nSPS) is 22.2. The molecule has 0 amide bonds. The molecule has 0 N–H and O–H groups in total. The Bertz CT molecular complexity index is 431. The van der Waals surface area contributed by atoms with Gasteiger partial charge < -0.3 is 4.90 Å². The van der Waals surface area contributed by atoms with Crippen LogP contribution in [0.25, 0.3) is 0 Å². The SMILES string of the molecule is Cc1cc(C)nc(N2CCC(N3CCSCC3)CC2)n1. The lowest BCUT2D eigenvalue weighted by molar-refractivity contribution is 0.185. The smallest absolute Gasteiger partial charge is 0.225 e. The topological polar surface area (TPSA) is 32.3 Å². The lowest BCUT2D eigenvalue weighted by Crippen LogP contribution is -2.48. The Kier molecular flexibility index (Phi) is 4.46. The van der Waals surface area contributed by atoms with E-state index in [1.54, 1.807) is 0 Å². The molecule has 2 saturated heterocycles. The van der Waals surface area contributed by atoms with Gasteiger partial charge in [-0.3, -0.25) is 4.90 Å². The molecule has 5 heteroatoms. The van der Waals surface area contributed by atoms with Crippen LogP contribution < -0.4 is 4.90 Å². The minimum Gasteiger partial charge on any atom is -0.341 e. The van der Waals surface area contributed by atoms with Crippen LogP contribution in [0.5, 0.6) is 0 Å². The fraction of sp³-hybridized carbons (Fsp3) is 0.733. The van der Waals surface area contributed by atoms with Gasteiger partial charge in [0.1, 0.15) is 0 Å². The Labute approximate surface area is 126 Å². The first-order valence-corrected chi connectivity index (χ1v) is 8.77. The molecule has 4 nitrogen and oxygen atoms in total. The van der Waals surface area contributed by atoms with E-state index in [1.165, 1.54) is 37.4 Å². The van der Waals surface area contributed by atoms with Crippen molar-refractivity contribution < 1.29 is 0 Å². The second-order valence-electron chi connectivity index (χ2n) is 5.82. The predicted molar refractivity (Wildman–Crippen MR) is 85.6 cm³/mol. The summed E-state index contributed by atoms with van der Waals surface area (Å²) in [5.74, 6) is 3.54. The van der Waals surface area contributed by atoms with E-state index in [-0.39, 0.29) is 0 Å². The maximum absolute atomic E-state index is 4.59. The predicted octanol–water partition coefficient (Wildman–Crippen LogP) is 2.11. The lowest BCUT2D eigenvalue weighted by atomic mass is 10.0. The van der Waals surface area contributed by atoms with Gasteiger partial charge in [-0.25, -0.2) is 9.97 Å². The molecule has 0 radical (unpaired) electrons. The highest BCUT2D eigenvalue weighted by molar-refractivity contribution is 7.99. The summed E-state index contributed by atoms with van der Waals surface area (Å²) < 4.78 is 0. The fourth-order valence-corrected chi connectivity index (χ4v) is 4.15. The van der Waals surface area contributed by atoms with Crippen LogP contribution in [0.2, 0.25) is 0 Å². The molecule has 1 aromatic heterocycles. The van der Waals surface area contributed by atoms with Gasteiger partial charge in [0.15, 0.2) is 0 Å². The number of rotatable bonds is 2. The molecule has 20 heavy (non-hydrogen) atoms. The van der Waals surface area contributed by atoms with Crippen molar-refractivity contribution in [2.24, 2.45) is 0 Å². The van der Waals surface area contributed by atoms with E-state index >= 15 is 0 Å². The zero-order valence-electron chi connectivity index (χ0n) is 12.5. The first kappa shape index (κ1) is 14.1. The van der Waals surface area contributed by atoms with Gasteiger partial charge in [0.2, 0.25) is 5.95 Å². The van der Waals surface area contributed by atoms with Crippen molar-refractivity contribution >= 4 is 17.7 Å². The molecule has 2 fully saturated rings. The van der Waals surface area contributed by atoms with Gasteiger partial charge in [0, 0.05) is 55.1 Å². The number of piperidine rings is 1. The van der Waals surface area contributed by atoms with Crippen molar-refractivity contribution in [3.8, 4) is 0 Å². The summed E-state index contributed by atoms with van der Waals surface area (Å²) in [6.45, 7) is 8.84. The molecule has 0 aliphatic carbocycles. The summed E-state index contributed by atoms with van der Waals surface area (Å²) in [6.07, 6.45) is 2.50. The van der Waals surface area contributed by atoms with Crippen molar-refractivity contribution in [1.29, 1.82) is 0 Å². The van der Waals surface area contributed by atoms with Crippen LogP contribution in [0.15, 0.2) is 6.07 Å². The molecule has 0 saturated carbocycles. The number of aryl methyl sites for hydroxylation is 2. The van der Waals surface area contributed by atoms with E-state index in [2.05, 4.69) is 45.4 Å². The molecule has 1 aromatic rings. The molecule has 110 valence electrons. The monoisotopic (exact) mass is 292 g/mol. The van der Waals surface area contributed by atoms with Crippen molar-refractivity contribution in [2.45, 2.75) is 32.7 Å². The van der Waals surface area contributed by atoms with Crippen LogP contribution in [-0.2, 0) is 0 Å². The van der Waals surface area contributed by atoms with E-state index in [1.807, 2.05) is 6.07 Å². The molecular formula is C15H24N4S. The zero-order valence-corrected chi connectivity index (χ0v) is 13.3. The van der Waals surface area contributed by atoms with Crippen molar-refractivity contribution in [2.75, 3.05) is 42.6 Å². The van der Waals surface area contributed by atoms with Gasteiger partial charge in [-0.15, -0.1) is 0 Å². The quantitative estimate of drug-likeness (QED) is 0.833. The highest BCUT2D eigenvalue weighted by atomic mass is 32.2. The van der Waals surface area contributed by atoms with Gasteiger partial charge >= 0.3 is 0 Å². The average molecular weight is 292 g/mol. The van der Waals surface area contributed by atoms with Gasteiger partial charge in [0.25, 0.3) is 0 Å². The molecule has 0 spiro atoms. The third-order valence-electron chi connectivity index (χ3n) is 4.28. The molecule has 0 bridgehead atoms. The number of aromatic nitrogens is 2. The first-order chi connectivity index (χ1) is 9.72. The second-order valence-corrected chi connectivity index (χ2v) is 7.04. The average Bonchev–Trinajstić information content (AvgIpc) is 2.47. The van der Waals surface area contributed by atoms with Gasteiger partial charge in [-0.2, -0.15) is 11.8 Å². The molecule has 2 aliphatic rings. The number of thioether (sulfide) groups is 1. The van der Waals surface area contributed by atoms with Crippen LogP contribution in [0.3, 0.4) is 0 Å². The molecular weight excluding hydrogens is 268 g/mol. The maximum Gasteiger partial charge on any atom is 0.225 e. The van der Waals surface area contributed by atoms with Gasteiger partial charge in [-0.1, -0.05) is 0 Å². The van der Waals surface area contributed by atoms with E-state index in [4.69, 9.17) is 0 Å². The van der Waals surface area contributed by atoms with E-state index in [0.29, 0.717) is 0 Å². The Balaban J connectivity index is 1.60. The van der Waals surface area contributed by atoms with Crippen LogP contribution in [0.1, 0.15) is 24.2 Å². The summed E-state index contributed by atoms with van der Waals surface area (Å²) >= 11 is 2.09. The van der Waals surface area contributed by atoms with Crippen LogP contribution in [-0.4, -0.2) is 58.6 Å². The third kappa shape index (κ3) is 3.26. The fourth-order valence-electron chi connectivity index (χ4n) is 3.22. The minimum absolute atomic E-state index is 0.776. The number of hydrogen-bond acceptors (Lipinski definition) is 5. The Morgan fingerprint density at radius 1 is 1.00 bits per heavy atom. The highest BCUT2D eigenvalue weighted by Crippen LogP contribution is 2.22. The van der Waals surface area contributed by atoms with E-state index < -0.39 is 0 Å². The standard InChI is InChI=1S/C15H24N4S/c1-12-11-13(2)17-15(16-12)19-5-3-14(4-6-19)18-7-9-20-10-8-18/h11,14H,3-10H2,1-2H3. The summed E-state index contributed by atoms with van der Waals surface area (Å²) in [6, 6.07) is 2.82. The van der Waals surface area contributed by atoms with E-state index in [9.17, 15) is 0 Å². The lowest BCUT2D eigenvalue weighted by Gasteiger charge is -2.40. The molecule has 0 atom stereocenters. The summed E-state index contributed by atoms with van der Waals surface area (Å²) in [5.41, 5.74) is 2.14. The van der Waals surface area contributed by atoms with Crippen LogP contribution in [0, 0.1) is 13.8 Å². The number of nitrogens with zero attached hydrogens (tertiary/aromatic N) is 4. The van der Waals surface area contributed by atoms with E-state index in [0.717, 1.165) is 36.5 Å². The molecule has 2 aliphatic heterocycles. The Hall–Kier alpha value is -0.810. The largest absolute Gasteiger partial charge is 0.341 e. The highest BCUT2D eigenvalue weighted by Gasteiger charge is 2.26. The maximum atomic E-state index is 4.59. The molecule has 3 heterocycles. The summed E-state index contributed by atoms with van der Waals surface area (Å²) in [4.78, 5) is 14.2. The van der Waals surface area contributed by atoms with Crippen molar-refractivity contribution in [3.05, 3.63) is 17.5 Å². The Morgan fingerprint density at radius 3 is 2.20 bits per heavy atom. The number of hydrogen-bond donors (Lipinski definition) is 0. The van der Waals surface area contributed by atoms with Crippen LogP contribution in [0.4, 0.5) is 5.95 Å². The molecule has 3 rings (SSSR count). The molecule has 0 aromatic carbocycles. The minimum atomic E-state index is 0.776.